The molecule has 4 aromatic carbocycles. The second-order valence-electron chi connectivity index (χ2n) is 7.76. The van der Waals surface area contributed by atoms with E-state index in [1.807, 2.05) is 79.9 Å². The van der Waals surface area contributed by atoms with Gasteiger partial charge in [-0.1, -0.05) is 72.3 Å². The summed E-state index contributed by atoms with van der Waals surface area (Å²) in [6.07, 6.45) is 1.89. The summed E-state index contributed by atoms with van der Waals surface area (Å²) < 4.78 is 29.6. The molecule has 1 aromatic heterocycles. The minimum atomic E-state index is -3.74. The molecule has 0 fully saturated rings. The van der Waals surface area contributed by atoms with Crippen molar-refractivity contribution < 1.29 is 8.42 Å². The van der Waals surface area contributed by atoms with Crippen molar-refractivity contribution in [2.45, 2.75) is 17.9 Å². The van der Waals surface area contributed by atoms with Crippen LogP contribution in [-0.4, -0.2) is 13.4 Å². The number of sulfonamides is 1. The van der Waals surface area contributed by atoms with Crippen LogP contribution in [0.5, 0.6) is 0 Å². The van der Waals surface area contributed by atoms with Crippen LogP contribution in [0, 0.1) is 6.92 Å². The van der Waals surface area contributed by atoms with Gasteiger partial charge in [0.05, 0.1) is 10.9 Å². The molecule has 0 aliphatic rings. The van der Waals surface area contributed by atoms with Crippen LogP contribution < -0.4 is 4.72 Å². The maximum absolute atomic E-state index is 13.3. The van der Waals surface area contributed by atoms with Gasteiger partial charge in [-0.25, -0.2) is 8.42 Å². The molecule has 31 heavy (non-hydrogen) atoms. The first-order chi connectivity index (χ1) is 15.0. The molecule has 0 aliphatic heterocycles. The number of hydrogen-bond donors (Lipinski definition) is 2. The summed E-state index contributed by atoms with van der Waals surface area (Å²) in [5.41, 5.74) is 3.76. The maximum atomic E-state index is 13.3. The molecule has 5 rings (SSSR count). The summed E-state index contributed by atoms with van der Waals surface area (Å²) in [6, 6.07) is 28.5. The molecular formula is C26H22N2O2S. The standard InChI is InChI=1S/C26H22N2O2S/c1-18-10-14-22(15-11-18)31(29,30)28-26(24-17-27-25-9-5-4-8-23(24)25)21-13-12-19-6-2-3-7-20(19)16-21/h2-17,26-28H,1H3. The average Bonchev–Trinajstić information content (AvgIpc) is 3.21. The molecule has 1 unspecified atom stereocenters. The van der Waals surface area contributed by atoms with E-state index in [4.69, 9.17) is 0 Å². The zero-order valence-corrected chi connectivity index (χ0v) is 17.9. The second kappa shape index (κ2) is 7.69. The van der Waals surface area contributed by atoms with Gasteiger partial charge in [-0.3, -0.25) is 0 Å². The molecule has 4 nitrogen and oxygen atoms in total. The van der Waals surface area contributed by atoms with Crippen LogP contribution >= 0.6 is 0 Å². The molecule has 1 heterocycles. The Labute approximate surface area is 181 Å². The van der Waals surface area contributed by atoms with E-state index < -0.39 is 16.1 Å². The molecule has 0 aliphatic carbocycles. The first kappa shape index (κ1) is 19.5. The van der Waals surface area contributed by atoms with E-state index in [0.717, 1.165) is 38.4 Å². The predicted octanol–water partition coefficient (Wildman–Crippen LogP) is 5.70. The fourth-order valence-corrected chi connectivity index (χ4v) is 5.18. The van der Waals surface area contributed by atoms with Crippen LogP contribution in [0.15, 0.2) is 102 Å². The average molecular weight is 427 g/mol. The van der Waals surface area contributed by atoms with Gasteiger partial charge in [-0.15, -0.1) is 0 Å². The number of para-hydroxylation sites is 1. The number of nitrogens with one attached hydrogen (secondary N) is 2. The van der Waals surface area contributed by atoms with Gasteiger partial charge >= 0.3 is 0 Å². The van der Waals surface area contributed by atoms with Gasteiger partial charge < -0.3 is 4.98 Å². The molecule has 5 aromatic rings. The quantitative estimate of drug-likeness (QED) is 0.379. The Balaban J connectivity index is 1.66. The third kappa shape index (κ3) is 3.74. The number of fused-ring (bicyclic) bond motifs is 2. The molecule has 0 radical (unpaired) electrons. The molecule has 0 bridgehead atoms. The van der Waals surface area contributed by atoms with Gasteiger partial charge in [0.15, 0.2) is 0 Å². The molecule has 154 valence electrons. The number of benzene rings is 4. The molecule has 5 heteroatoms. The molecule has 0 spiro atoms. The lowest BCUT2D eigenvalue weighted by molar-refractivity contribution is 0.572. The highest BCUT2D eigenvalue weighted by atomic mass is 32.2. The van der Waals surface area contributed by atoms with E-state index >= 15 is 0 Å². The highest BCUT2D eigenvalue weighted by molar-refractivity contribution is 7.89. The monoisotopic (exact) mass is 426 g/mol. The number of aryl methyl sites for hydroxylation is 1. The summed E-state index contributed by atoms with van der Waals surface area (Å²) in [6.45, 7) is 1.94. The Hall–Kier alpha value is -3.41. The SMILES string of the molecule is Cc1ccc(S(=O)(=O)NC(c2ccc3ccccc3c2)c2c[nH]c3ccccc23)cc1. The lowest BCUT2D eigenvalue weighted by Gasteiger charge is -2.20. The topological polar surface area (TPSA) is 62.0 Å². The molecule has 0 saturated carbocycles. The van der Waals surface area contributed by atoms with Gasteiger partial charge in [0.1, 0.15) is 0 Å². The predicted molar refractivity (Wildman–Crippen MR) is 126 cm³/mol. The number of hydrogen-bond acceptors (Lipinski definition) is 2. The smallest absolute Gasteiger partial charge is 0.241 e. The van der Waals surface area contributed by atoms with Crippen LogP contribution in [0.4, 0.5) is 0 Å². The van der Waals surface area contributed by atoms with Crippen molar-refractivity contribution in [1.29, 1.82) is 0 Å². The van der Waals surface area contributed by atoms with Crippen molar-refractivity contribution in [3.63, 3.8) is 0 Å². The first-order valence-corrected chi connectivity index (χ1v) is 11.6. The Kier molecular flexibility index (Phi) is 4.85. The lowest BCUT2D eigenvalue weighted by Crippen LogP contribution is -2.29. The van der Waals surface area contributed by atoms with E-state index in [0.29, 0.717) is 0 Å². The number of H-pyrrole nitrogens is 1. The number of aromatic amines is 1. The molecule has 1 atom stereocenters. The van der Waals surface area contributed by atoms with E-state index in [2.05, 4.69) is 21.8 Å². The number of aromatic nitrogens is 1. The number of rotatable bonds is 5. The largest absolute Gasteiger partial charge is 0.361 e. The second-order valence-corrected chi connectivity index (χ2v) is 9.48. The van der Waals surface area contributed by atoms with Crippen LogP contribution in [0.2, 0.25) is 0 Å². The lowest BCUT2D eigenvalue weighted by atomic mass is 9.96. The van der Waals surface area contributed by atoms with Crippen LogP contribution in [0.3, 0.4) is 0 Å². The first-order valence-electron chi connectivity index (χ1n) is 10.1. The molecule has 0 saturated heterocycles. The van der Waals surface area contributed by atoms with E-state index in [9.17, 15) is 8.42 Å². The summed E-state index contributed by atoms with van der Waals surface area (Å²) in [4.78, 5) is 3.53. The summed E-state index contributed by atoms with van der Waals surface area (Å²) in [7, 11) is -3.74. The highest BCUT2D eigenvalue weighted by Crippen LogP contribution is 2.32. The van der Waals surface area contributed by atoms with E-state index in [-0.39, 0.29) is 4.90 Å². The van der Waals surface area contributed by atoms with Gasteiger partial charge in [0.25, 0.3) is 0 Å². The van der Waals surface area contributed by atoms with Crippen LogP contribution in [0.1, 0.15) is 22.7 Å². The van der Waals surface area contributed by atoms with Gasteiger partial charge in [-0.2, -0.15) is 4.72 Å². The van der Waals surface area contributed by atoms with Crippen molar-refractivity contribution in [3.8, 4) is 0 Å². The maximum Gasteiger partial charge on any atom is 0.241 e. The summed E-state index contributed by atoms with van der Waals surface area (Å²) in [5, 5.41) is 3.18. The fourth-order valence-electron chi connectivity index (χ4n) is 3.97. The highest BCUT2D eigenvalue weighted by Gasteiger charge is 2.25. The Morgan fingerprint density at radius 3 is 2.32 bits per heavy atom. The Morgan fingerprint density at radius 2 is 1.52 bits per heavy atom. The van der Waals surface area contributed by atoms with Crippen molar-refractivity contribution in [3.05, 3.63) is 114 Å². The van der Waals surface area contributed by atoms with E-state index in [1.165, 1.54) is 0 Å². The molecule has 2 N–H and O–H groups in total. The zero-order valence-electron chi connectivity index (χ0n) is 17.0. The van der Waals surface area contributed by atoms with Crippen LogP contribution in [0.25, 0.3) is 21.7 Å². The van der Waals surface area contributed by atoms with Gasteiger partial charge in [0, 0.05) is 17.1 Å². The van der Waals surface area contributed by atoms with Gasteiger partial charge in [0.2, 0.25) is 10.0 Å². The Bertz CT molecular complexity index is 1490. The Morgan fingerprint density at radius 1 is 0.806 bits per heavy atom. The minimum Gasteiger partial charge on any atom is -0.361 e. The van der Waals surface area contributed by atoms with Crippen molar-refractivity contribution >= 4 is 31.7 Å². The minimum absolute atomic E-state index is 0.253. The van der Waals surface area contributed by atoms with Crippen LogP contribution in [-0.2, 0) is 10.0 Å². The zero-order chi connectivity index (χ0) is 21.4. The molecular weight excluding hydrogens is 404 g/mol. The normalized spacial score (nSPS) is 12.9. The van der Waals surface area contributed by atoms with Crippen molar-refractivity contribution in [2.24, 2.45) is 0 Å². The van der Waals surface area contributed by atoms with Crippen molar-refractivity contribution in [2.75, 3.05) is 0 Å². The van der Waals surface area contributed by atoms with E-state index in [1.54, 1.807) is 12.1 Å². The summed E-state index contributed by atoms with van der Waals surface area (Å²) >= 11 is 0. The van der Waals surface area contributed by atoms with Gasteiger partial charge in [-0.05, 0) is 53.1 Å². The van der Waals surface area contributed by atoms with Crippen molar-refractivity contribution in [1.82, 2.24) is 9.71 Å². The fraction of sp³-hybridized carbons (Fsp3) is 0.0769. The third-order valence-electron chi connectivity index (χ3n) is 5.64. The third-order valence-corrected chi connectivity index (χ3v) is 7.08. The molecule has 0 amide bonds. The summed E-state index contributed by atoms with van der Waals surface area (Å²) in [5.74, 6) is 0.